The van der Waals surface area contributed by atoms with Gasteiger partial charge in [-0.3, -0.25) is 14.5 Å². The second-order valence-electron chi connectivity index (χ2n) is 11.0. The van der Waals surface area contributed by atoms with E-state index in [0.717, 1.165) is 30.5 Å². The van der Waals surface area contributed by atoms with Gasteiger partial charge in [0.15, 0.2) is 0 Å². The monoisotopic (exact) mass is 457 g/mol. The van der Waals surface area contributed by atoms with Gasteiger partial charge >= 0.3 is 0 Å². The van der Waals surface area contributed by atoms with Crippen molar-refractivity contribution in [1.82, 2.24) is 19.8 Å². The second kappa shape index (κ2) is 8.35. The van der Waals surface area contributed by atoms with Crippen LogP contribution in [-0.4, -0.2) is 38.9 Å². The average Bonchev–Trinajstić information content (AvgIpc) is 3.42. The van der Waals surface area contributed by atoms with Gasteiger partial charge in [-0.2, -0.15) is 5.26 Å². The second-order valence-corrected chi connectivity index (χ2v) is 11.0. The number of amides is 2. The van der Waals surface area contributed by atoms with Crippen molar-refractivity contribution in [3.63, 3.8) is 0 Å². The van der Waals surface area contributed by atoms with E-state index in [1.807, 2.05) is 35.0 Å². The van der Waals surface area contributed by atoms with Crippen molar-refractivity contribution in [1.29, 1.82) is 5.26 Å². The maximum Gasteiger partial charge on any atom is 0.246 e. The Morgan fingerprint density at radius 1 is 1.12 bits per heavy atom. The molecular weight excluding hydrogens is 426 g/mol. The third kappa shape index (κ3) is 3.74. The summed E-state index contributed by atoms with van der Waals surface area (Å²) in [5, 5.41) is 12.4. The molecule has 4 saturated carbocycles. The number of hydrogen-bond donors (Lipinski definition) is 1. The summed E-state index contributed by atoms with van der Waals surface area (Å²) in [6, 6.07) is 9.35. The largest absolute Gasteiger partial charge is 0.329 e. The number of nitriles is 1. The zero-order chi connectivity index (χ0) is 23.3. The fourth-order valence-corrected chi connectivity index (χ4v) is 7.48. The number of rotatable bonds is 6. The van der Waals surface area contributed by atoms with E-state index in [9.17, 15) is 9.59 Å². The molecule has 7 rings (SSSR count). The molecular formula is C27H31N5O2. The Morgan fingerprint density at radius 3 is 2.44 bits per heavy atom. The Balaban J connectivity index is 1.08. The summed E-state index contributed by atoms with van der Waals surface area (Å²) in [7, 11) is 0. The normalized spacial score (nSPS) is 31.7. The van der Waals surface area contributed by atoms with Crippen LogP contribution in [0.3, 0.4) is 0 Å². The molecule has 4 aliphatic carbocycles. The van der Waals surface area contributed by atoms with Crippen LogP contribution < -0.4 is 5.32 Å². The smallest absolute Gasteiger partial charge is 0.246 e. The summed E-state index contributed by atoms with van der Waals surface area (Å²) in [5.74, 6) is 2.14. The summed E-state index contributed by atoms with van der Waals surface area (Å²) < 4.78 is 2.05. The molecule has 2 amide bonds. The van der Waals surface area contributed by atoms with Gasteiger partial charge in [0.25, 0.3) is 0 Å². The van der Waals surface area contributed by atoms with Crippen molar-refractivity contribution in [3.8, 4) is 6.07 Å². The zero-order valence-corrected chi connectivity index (χ0v) is 19.4. The van der Waals surface area contributed by atoms with Gasteiger partial charge in [0.2, 0.25) is 11.8 Å². The van der Waals surface area contributed by atoms with Gasteiger partial charge < -0.3 is 9.88 Å². The quantitative estimate of drug-likeness (QED) is 0.673. The minimum Gasteiger partial charge on any atom is -0.329 e. The minimum atomic E-state index is -0.323. The molecule has 1 aliphatic heterocycles. The van der Waals surface area contributed by atoms with Crippen molar-refractivity contribution in [2.24, 2.45) is 23.2 Å². The molecule has 0 radical (unpaired) electrons. The highest BCUT2D eigenvalue weighted by Gasteiger charge is 2.57. The van der Waals surface area contributed by atoms with Crippen LogP contribution in [0.4, 0.5) is 0 Å². The first kappa shape index (κ1) is 21.5. The maximum absolute atomic E-state index is 13.6. The van der Waals surface area contributed by atoms with E-state index in [1.165, 1.54) is 19.3 Å². The summed E-state index contributed by atoms with van der Waals surface area (Å²) in [5.41, 5.74) is 2.45. The van der Waals surface area contributed by atoms with Crippen molar-refractivity contribution >= 4 is 11.8 Å². The Labute approximate surface area is 200 Å². The lowest BCUT2D eigenvalue weighted by atomic mass is 9.49. The Bertz CT molecular complexity index is 1110. The molecule has 1 atom stereocenters. The number of carbonyl (C=O) groups is 2. The van der Waals surface area contributed by atoms with Gasteiger partial charge in [-0.1, -0.05) is 12.1 Å². The number of aromatic nitrogens is 2. The molecule has 2 aromatic rings. The van der Waals surface area contributed by atoms with Crippen molar-refractivity contribution in [2.45, 2.75) is 64.1 Å². The summed E-state index contributed by atoms with van der Waals surface area (Å²) in [4.78, 5) is 32.7. The Kier molecular flexibility index (Phi) is 5.29. The zero-order valence-electron chi connectivity index (χ0n) is 19.4. The van der Waals surface area contributed by atoms with Crippen LogP contribution >= 0.6 is 0 Å². The number of nitrogens with one attached hydrogen (secondary N) is 1. The van der Waals surface area contributed by atoms with Crippen molar-refractivity contribution in [3.05, 3.63) is 53.6 Å². The molecule has 0 spiro atoms. The number of carbonyl (C=O) groups excluding carboxylic acids is 2. The molecule has 0 unspecified atom stereocenters. The third-order valence-electron chi connectivity index (χ3n) is 8.71. The van der Waals surface area contributed by atoms with E-state index in [2.05, 4.69) is 16.4 Å². The van der Waals surface area contributed by atoms with Crippen LogP contribution in [-0.2, 0) is 22.7 Å². The molecule has 1 aromatic heterocycles. The molecule has 1 aromatic carbocycles. The van der Waals surface area contributed by atoms with Gasteiger partial charge in [-0.05, 0) is 80.4 Å². The molecule has 1 saturated heterocycles. The first-order valence-electron chi connectivity index (χ1n) is 12.6. The molecule has 176 valence electrons. The molecule has 4 bridgehead atoms. The summed E-state index contributed by atoms with van der Waals surface area (Å²) >= 11 is 0. The standard InChI is InChI=1S/C27H31N5O2/c28-13-18-1-3-19(4-2-18)16-31-17-29-14-23(31)15-30-24-5-6-32(25(24)33)26(34)27-10-20-7-21(11-27)9-22(8-20)12-27/h1-4,14,17,20-22,24,30H,5-12,15-16H2/t20?,21?,22?,24-,27?/m1/s1. The number of imidazole rings is 1. The fourth-order valence-electron chi connectivity index (χ4n) is 7.48. The lowest BCUT2D eigenvalue weighted by Crippen LogP contribution is -2.55. The molecule has 7 heteroatoms. The maximum atomic E-state index is 13.6. The van der Waals surface area contributed by atoms with Crippen LogP contribution in [0.5, 0.6) is 0 Å². The van der Waals surface area contributed by atoms with E-state index in [-0.39, 0.29) is 23.3 Å². The van der Waals surface area contributed by atoms with E-state index in [4.69, 9.17) is 5.26 Å². The molecule has 5 aliphatic rings. The first-order chi connectivity index (χ1) is 16.5. The first-order valence-corrected chi connectivity index (χ1v) is 12.6. The molecule has 34 heavy (non-hydrogen) atoms. The molecule has 2 heterocycles. The number of imide groups is 1. The summed E-state index contributed by atoms with van der Waals surface area (Å²) in [6.07, 6.45) is 11.1. The van der Waals surface area contributed by atoms with E-state index in [0.29, 0.717) is 49.4 Å². The van der Waals surface area contributed by atoms with Crippen LogP contribution in [0.2, 0.25) is 0 Å². The van der Waals surface area contributed by atoms with E-state index < -0.39 is 0 Å². The van der Waals surface area contributed by atoms with Gasteiger partial charge in [-0.25, -0.2) is 4.98 Å². The SMILES string of the molecule is N#Cc1ccc(Cn2cncc2CN[C@@H]2CCN(C(=O)C34CC5CC(CC(C5)C3)C4)C2=O)cc1. The molecule has 1 N–H and O–H groups in total. The van der Waals surface area contributed by atoms with E-state index in [1.54, 1.807) is 11.2 Å². The lowest BCUT2D eigenvalue weighted by molar-refractivity contribution is -0.161. The molecule has 5 fully saturated rings. The topological polar surface area (TPSA) is 91.0 Å². The highest BCUT2D eigenvalue weighted by molar-refractivity contribution is 6.01. The van der Waals surface area contributed by atoms with Crippen molar-refractivity contribution in [2.75, 3.05) is 6.54 Å². The number of benzene rings is 1. The minimum absolute atomic E-state index is 0.0566. The predicted octanol–water partition coefficient (Wildman–Crippen LogP) is 3.24. The van der Waals surface area contributed by atoms with Gasteiger partial charge in [0.05, 0.1) is 35.1 Å². The van der Waals surface area contributed by atoms with Gasteiger partial charge in [0.1, 0.15) is 0 Å². The average molecular weight is 458 g/mol. The molecule has 7 nitrogen and oxygen atoms in total. The van der Waals surface area contributed by atoms with E-state index >= 15 is 0 Å². The summed E-state index contributed by atoms with van der Waals surface area (Å²) in [6.45, 7) is 1.70. The van der Waals surface area contributed by atoms with Crippen molar-refractivity contribution < 1.29 is 9.59 Å². The van der Waals surface area contributed by atoms with Gasteiger partial charge in [0, 0.05) is 25.8 Å². The number of likely N-dealkylation sites (tertiary alicyclic amines) is 1. The number of hydrogen-bond acceptors (Lipinski definition) is 5. The van der Waals surface area contributed by atoms with Crippen LogP contribution in [0.25, 0.3) is 0 Å². The highest BCUT2D eigenvalue weighted by Crippen LogP contribution is 2.60. The lowest BCUT2D eigenvalue weighted by Gasteiger charge is -2.56. The highest BCUT2D eigenvalue weighted by atomic mass is 16.2. The van der Waals surface area contributed by atoms with Crippen LogP contribution in [0.15, 0.2) is 36.8 Å². The van der Waals surface area contributed by atoms with Crippen LogP contribution in [0, 0.1) is 34.5 Å². The number of nitrogens with zero attached hydrogens (tertiary/aromatic N) is 4. The fraction of sp³-hybridized carbons (Fsp3) is 0.556. The van der Waals surface area contributed by atoms with Gasteiger partial charge in [-0.15, -0.1) is 0 Å². The Morgan fingerprint density at radius 2 is 1.79 bits per heavy atom. The third-order valence-corrected chi connectivity index (χ3v) is 8.71. The van der Waals surface area contributed by atoms with Crippen LogP contribution in [0.1, 0.15) is 61.8 Å². The predicted molar refractivity (Wildman–Crippen MR) is 125 cm³/mol. The Hall–Kier alpha value is -2.98.